The average Bonchev–Trinajstić information content (AvgIpc) is 2.90. The predicted octanol–water partition coefficient (Wildman–Crippen LogP) is 8.55. The van der Waals surface area contributed by atoms with E-state index in [-0.39, 0.29) is 26.5 Å². The monoisotopic (exact) mass is 658 g/mol. The molecule has 3 heteroatoms. The number of benzene rings is 3. The fourth-order valence-electron chi connectivity index (χ4n) is 4.31. The number of rotatable bonds is 6. The van der Waals surface area contributed by atoms with E-state index >= 15 is 0 Å². The molecule has 1 atom stereocenters. The van der Waals surface area contributed by atoms with Gasteiger partial charge in [0.2, 0.25) is 0 Å². The zero-order valence-electron chi connectivity index (χ0n) is 21.8. The molecule has 0 aliphatic heterocycles. The molecule has 0 unspecified atom stereocenters. The first-order chi connectivity index (χ1) is 16.8. The Kier molecular flexibility index (Phi) is 16.5. The number of hydrogen-bond acceptors (Lipinski definition) is 0. The van der Waals surface area contributed by atoms with Crippen molar-refractivity contribution in [1.82, 2.24) is 0 Å². The minimum absolute atomic E-state index is 0. The Balaban J connectivity index is 0.000000480. The zero-order chi connectivity index (χ0) is 24.6. The zero-order valence-corrected chi connectivity index (χ0v) is 25.5. The van der Waals surface area contributed by atoms with Gasteiger partial charge in [-0.3, -0.25) is 0 Å². The maximum Gasteiger partial charge on any atom is 0.104 e. The summed E-state index contributed by atoms with van der Waals surface area (Å²) in [7, 11) is -1.07. The van der Waals surface area contributed by atoms with Gasteiger partial charge in [0, 0.05) is 20.4 Å². The van der Waals surface area contributed by atoms with E-state index in [0.717, 1.165) is 19.3 Å². The topological polar surface area (TPSA) is 23.8 Å². The van der Waals surface area contributed by atoms with Crippen LogP contribution in [0, 0.1) is 0 Å². The molecule has 1 aliphatic rings. The van der Waals surface area contributed by atoms with Crippen molar-refractivity contribution >= 4 is 23.8 Å². The second-order valence-corrected chi connectivity index (χ2v) is 10.6. The second-order valence-electron chi connectivity index (χ2n) is 8.15. The summed E-state index contributed by atoms with van der Waals surface area (Å²) in [6.07, 6.45) is 14.2. The summed E-state index contributed by atoms with van der Waals surface area (Å²) in [5.41, 5.74) is 11.3. The van der Waals surface area contributed by atoms with Crippen LogP contribution in [-0.2, 0) is 26.8 Å². The largest absolute Gasteiger partial charge is 0.671 e. The quantitative estimate of drug-likeness (QED) is 0.144. The molecule has 3 aromatic carbocycles. The van der Waals surface area contributed by atoms with Crippen LogP contribution in [-0.4, -0.2) is 0 Å². The fourth-order valence-corrected chi connectivity index (χ4v) is 7.19. The Morgan fingerprint density at radius 3 is 1.77 bits per heavy atom. The Hall–Kier alpha value is -1.81. The van der Waals surface area contributed by atoms with Crippen LogP contribution >= 0.6 is 7.92 Å². The van der Waals surface area contributed by atoms with Crippen LogP contribution in [0.2, 0.25) is 0 Å². The molecule has 1 radical (unpaired) electrons. The predicted molar refractivity (Wildman–Crippen MR) is 157 cm³/mol. The van der Waals surface area contributed by atoms with Gasteiger partial charge in [-0.25, -0.2) is 0 Å². The van der Waals surface area contributed by atoms with Crippen LogP contribution in [0.25, 0.3) is 5.73 Å². The van der Waals surface area contributed by atoms with Gasteiger partial charge in [-0.2, -0.15) is 0 Å². The molecule has 0 spiro atoms. The third-order valence-electron chi connectivity index (χ3n) is 5.85. The third kappa shape index (κ3) is 9.63. The van der Waals surface area contributed by atoms with Crippen LogP contribution in [0.1, 0.15) is 70.5 Å². The number of nitrogens with one attached hydrogen (secondary N) is 1. The molecule has 35 heavy (non-hydrogen) atoms. The molecule has 0 aromatic heterocycles. The molecule has 0 fully saturated rings. The maximum absolute atomic E-state index is 8.63. The molecule has 0 amide bonds. The van der Waals surface area contributed by atoms with E-state index in [0.29, 0.717) is 0 Å². The number of hydrogen-bond donors (Lipinski definition) is 0. The van der Waals surface area contributed by atoms with E-state index in [4.69, 9.17) is 5.73 Å². The van der Waals surface area contributed by atoms with E-state index in [2.05, 4.69) is 117 Å². The van der Waals surface area contributed by atoms with Crippen molar-refractivity contribution < 1.29 is 20.4 Å². The SMILES string of the molecule is C/C=C\CC/C=C\C.CC.[NH-][C@@H]1CCCc2cccc([PH+](c3ccccc3)c3ccccc3)c21.[Re]. The molecule has 3 aromatic rings. The molecule has 1 N–H and O–H groups in total. The van der Waals surface area contributed by atoms with Gasteiger partial charge >= 0.3 is 0 Å². The van der Waals surface area contributed by atoms with E-state index in [9.17, 15) is 0 Å². The summed E-state index contributed by atoms with van der Waals surface area (Å²) in [5.74, 6) is 0. The first kappa shape index (κ1) is 31.2. The summed E-state index contributed by atoms with van der Waals surface area (Å²) < 4.78 is 0. The summed E-state index contributed by atoms with van der Waals surface area (Å²) in [5, 5.41) is 4.22. The molecule has 0 heterocycles. The van der Waals surface area contributed by atoms with E-state index in [1.807, 2.05) is 13.8 Å². The number of allylic oxidation sites excluding steroid dienone is 4. The van der Waals surface area contributed by atoms with Gasteiger partial charge in [0.05, 0.1) is 7.92 Å². The van der Waals surface area contributed by atoms with Crippen LogP contribution in [0.15, 0.2) is 103 Å². The van der Waals surface area contributed by atoms with Crippen molar-refractivity contribution in [3.05, 3.63) is 120 Å². The molecule has 1 aliphatic carbocycles. The van der Waals surface area contributed by atoms with Crippen molar-refractivity contribution in [2.75, 3.05) is 0 Å². The van der Waals surface area contributed by atoms with Crippen LogP contribution in [0.5, 0.6) is 0 Å². The average molecular weight is 658 g/mol. The minimum Gasteiger partial charge on any atom is -0.671 e. The van der Waals surface area contributed by atoms with E-state index in [1.165, 1.54) is 39.9 Å². The van der Waals surface area contributed by atoms with Crippen molar-refractivity contribution in [1.29, 1.82) is 0 Å². The molecule has 0 saturated heterocycles. The Morgan fingerprint density at radius 1 is 0.771 bits per heavy atom. The maximum atomic E-state index is 8.63. The molecule has 187 valence electrons. The standard InChI is InChI=1S/C22H21NP.C8H14.C2H6.Re/c23-20-15-7-9-17-10-8-16-21(22(17)20)24(18-11-3-1-4-12-18)19-13-5-2-6-14-19;1-3-5-7-8-6-4-2;1-2;/h1-6,8,10-14,16,20,23H,7,9,15H2;3-6H,7-8H2,1-2H3;1-2H3;/q-1;;;/p+1/b;5-3-,6-4-;;/t20-;;;/m1.../s1. The van der Waals surface area contributed by atoms with Crippen molar-refractivity contribution in [2.45, 2.75) is 65.8 Å². The molecule has 1 nitrogen and oxygen atoms in total. The third-order valence-corrected chi connectivity index (χ3v) is 8.65. The van der Waals surface area contributed by atoms with Crippen molar-refractivity contribution in [2.24, 2.45) is 0 Å². The summed E-state index contributed by atoms with van der Waals surface area (Å²) >= 11 is 0. The van der Waals surface area contributed by atoms with Gasteiger partial charge in [-0.05, 0) is 74.6 Å². The van der Waals surface area contributed by atoms with Crippen LogP contribution in [0.4, 0.5) is 0 Å². The summed E-state index contributed by atoms with van der Waals surface area (Å²) in [6.45, 7) is 8.10. The number of fused-ring (bicyclic) bond motifs is 1. The van der Waals surface area contributed by atoms with Gasteiger partial charge in [-0.15, -0.1) is 6.04 Å². The number of unbranched alkanes of at least 4 members (excludes halogenated alkanes) is 1. The molecule has 0 bridgehead atoms. The number of aryl methyl sites for hydroxylation is 1. The normalized spacial score (nSPS) is 14.4. The van der Waals surface area contributed by atoms with Gasteiger partial charge in [-0.1, -0.05) is 99.5 Å². The van der Waals surface area contributed by atoms with Gasteiger partial charge < -0.3 is 5.73 Å². The van der Waals surface area contributed by atoms with Crippen LogP contribution < -0.4 is 15.9 Å². The Morgan fingerprint density at radius 2 is 1.29 bits per heavy atom. The smallest absolute Gasteiger partial charge is 0.104 e. The van der Waals surface area contributed by atoms with Gasteiger partial charge in [0.25, 0.3) is 0 Å². The van der Waals surface area contributed by atoms with Crippen LogP contribution in [0.3, 0.4) is 0 Å². The van der Waals surface area contributed by atoms with Crippen molar-refractivity contribution in [3.8, 4) is 0 Å². The molecular formula is C32H42NPRe. The van der Waals surface area contributed by atoms with Crippen molar-refractivity contribution in [3.63, 3.8) is 0 Å². The van der Waals surface area contributed by atoms with Gasteiger partial charge in [0.1, 0.15) is 15.9 Å². The van der Waals surface area contributed by atoms with Gasteiger partial charge in [0.15, 0.2) is 0 Å². The summed E-state index contributed by atoms with van der Waals surface area (Å²) in [4.78, 5) is 0. The summed E-state index contributed by atoms with van der Waals surface area (Å²) in [6, 6.07) is 28.4. The Bertz CT molecular complexity index is 947. The molecule has 4 rings (SSSR count). The first-order valence-electron chi connectivity index (χ1n) is 12.8. The molecular weight excluding hydrogens is 616 g/mol. The molecule has 0 saturated carbocycles. The Labute approximate surface area is 229 Å². The van der Waals surface area contributed by atoms with E-state index < -0.39 is 7.92 Å². The minimum atomic E-state index is -1.07. The van der Waals surface area contributed by atoms with E-state index in [1.54, 1.807) is 0 Å². The first-order valence-corrected chi connectivity index (χ1v) is 14.3. The second kappa shape index (κ2) is 18.5. The fraction of sp³-hybridized carbons (Fsp3) is 0.312.